The minimum absolute atomic E-state index is 0.344. The van der Waals surface area contributed by atoms with Gasteiger partial charge < -0.3 is 5.73 Å². The van der Waals surface area contributed by atoms with Crippen molar-refractivity contribution in [3.05, 3.63) is 11.8 Å². The second kappa shape index (κ2) is 3.23. The monoisotopic (exact) mass is 96.1 g/mol. The van der Waals surface area contributed by atoms with Crippen molar-refractivity contribution in [3.8, 4) is 6.07 Å². The van der Waals surface area contributed by atoms with E-state index in [1.54, 1.807) is 6.08 Å². The molecule has 0 saturated heterocycles. The number of nitrogens with zero attached hydrogens (tertiary/aromatic N) is 1. The van der Waals surface area contributed by atoms with Gasteiger partial charge in [-0.1, -0.05) is 6.08 Å². The van der Waals surface area contributed by atoms with Crippen LogP contribution in [-0.2, 0) is 0 Å². The van der Waals surface area contributed by atoms with E-state index in [9.17, 15) is 0 Å². The van der Waals surface area contributed by atoms with E-state index in [1.165, 1.54) is 0 Å². The summed E-state index contributed by atoms with van der Waals surface area (Å²) in [5.74, 6) is 0. The normalized spacial score (nSPS) is 10.6. The molecule has 0 spiro atoms. The highest BCUT2D eigenvalue weighted by atomic mass is 14.6. The molecule has 0 aromatic heterocycles. The lowest BCUT2D eigenvalue weighted by Gasteiger charge is -1.84. The zero-order chi connectivity index (χ0) is 5.70. The number of hydrogen-bond donors (Lipinski definition) is 1. The summed E-state index contributed by atoms with van der Waals surface area (Å²) in [6.07, 6.45) is 2.07. The second-order valence-corrected chi connectivity index (χ2v) is 1.20. The average molecular weight is 96.1 g/mol. The van der Waals surface area contributed by atoms with Crippen LogP contribution in [0.2, 0.25) is 0 Å². The molecule has 38 valence electrons. The lowest BCUT2D eigenvalue weighted by atomic mass is 10.3. The molecule has 2 N–H and O–H groups in total. The fraction of sp³-hybridized carbons (Fsp3) is 0.400. The zero-order valence-electron chi connectivity index (χ0n) is 4.31. The first kappa shape index (κ1) is 6.03. The van der Waals surface area contributed by atoms with Crippen LogP contribution in [-0.4, -0.2) is 0 Å². The molecule has 0 bridgehead atoms. The molecule has 0 aliphatic carbocycles. The van der Waals surface area contributed by atoms with Gasteiger partial charge in [0.2, 0.25) is 0 Å². The van der Waals surface area contributed by atoms with Crippen LogP contribution in [0.3, 0.4) is 0 Å². The number of nitriles is 1. The molecular weight excluding hydrogens is 88.1 g/mol. The fourth-order valence-corrected chi connectivity index (χ4v) is 0.193. The molecule has 0 fully saturated rings. The van der Waals surface area contributed by atoms with Crippen LogP contribution in [0.5, 0.6) is 0 Å². The minimum atomic E-state index is 0.344. The molecular formula is C5H8N2. The Bertz CT molecular complexity index is 108. The van der Waals surface area contributed by atoms with E-state index >= 15 is 0 Å². The van der Waals surface area contributed by atoms with Crippen molar-refractivity contribution in [2.24, 2.45) is 5.73 Å². The van der Waals surface area contributed by atoms with Crippen LogP contribution in [0.15, 0.2) is 11.8 Å². The highest BCUT2D eigenvalue weighted by molar-refractivity contribution is 5.00. The Morgan fingerprint density at radius 1 is 2.00 bits per heavy atom. The molecule has 0 saturated carbocycles. The first-order valence-corrected chi connectivity index (χ1v) is 2.09. The molecule has 0 aliphatic heterocycles. The summed E-state index contributed by atoms with van der Waals surface area (Å²) in [6, 6.07) is 1.93. The predicted molar refractivity (Wildman–Crippen MR) is 28.2 cm³/mol. The van der Waals surface area contributed by atoms with E-state index in [0.717, 1.165) is 0 Å². The van der Waals surface area contributed by atoms with Crippen molar-refractivity contribution >= 4 is 0 Å². The van der Waals surface area contributed by atoms with E-state index in [-0.39, 0.29) is 0 Å². The van der Waals surface area contributed by atoms with Crippen LogP contribution < -0.4 is 5.73 Å². The molecule has 0 atom stereocenters. The van der Waals surface area contributed by atoms with E-state index in [2.05, 4.69) is 0 Å². The van der Waals surface area contributed by atoms with Gasteiger partial charge in [-0.3, -0.25) is 0 Å². The Morgan fingerprint density at radius 2 is 2.57 bits per heavy atom. The van der Waals surface area contributed by atoms with Crippen molar-refractivity contribution < 1.29 is 0 Å². The molecule has 7 heavy (non-hydrogen) atoms. The first-order valence-electron chi connectivity index (χ1n) is 2.09. The standard InChI is InChI=1S/C5H8N2/c1-2-5(7)3-4-6/h2H,3,7H2,1H3. The summed E-state index contributed by atoms with van der Waals surface area (Å²) >= 11 is 0. The third-order valence-electron chi connectivity index (χ3n) is 0.654. The summed E-state index contributed by atoms with van der Waals surface area (Å²) in [5, 5.41) is 8.00. The average Bonchev–Trinajstić information content (AvgIpc) is 1.68. The van der Waals surface area contributed by atoms with Gasteiger partial charge in [0, 0.05) is 5.70 Å². The first-order chi connectivity index (χ1) is 3.31. The van der Waals surface area contributed by atoms with E-state index < -0.39 is 0 Å². The Balaban J connectivity index is 3.43. The predicted octanol–water partition coefficient (Wildman–Crippen LogP) is 0.763. The topological polar surface area (TPSA) is 49.8 Å². The Kier molecular flexibility index (Phi) is 2.78. The lowest BCUT2D eigenvalue weighted by Crippen LogP contribution is -1.93. The molecule has 0 heterocycles. The van der Waals surface area contributed by atoms with Gasteiger partial charge in [-0.2, -0.15) is 5.26 Å². The van der Waals surface area contributed by atoms with E-state index in [1.807, 2.05) is 13.0 Å². The van der Waals surface area contributed by atoms with Crippen LogP contribution in [0, 0.1) is 11.3 Å². The maximum atomic E-state index is 8.00. The van der Waals surface area contributed by atoms with Gasteiger partial charge >= 0.3 is 0 Å². The summed E-state index contributed by atoms with van der Waals surface area (Å²) in [7, 11) is 0. The van der Waals surface area contributed by atoms with Gasteiger partial charge in [0.05, 0.1) is 12.5 Å². The number of nitrogens with two attached hydrogens (primary N) is 1. The molecule has 0 radical (unpaired) electrons. The van der Waals surface area contributed by atoms with Gasteiger partial charge in [0.1, 0.15) is 0 Å². The van der Waals surface area contributed by atoms with Crippen molar-refractivity contribution in [1.82, 2.24) is 0 Å². The summed E-state index contributed by atoms with van der Waals surface area (Å²) in [4.78, 5) is 0. The van der Waals surface area contributed by atoms with Crippen molar-refractivity contribution in [2.45, 2.75) is 13.3 Å². The maximum absolute atomic E-state index is 8.00. The lowest BCUT2D eigenvalue weighted by molar-refractivity contribution is 1.16. The molecule has 0 aliphatic rings. The quantitative estimate of drug-likeness (QED) is 0.524. The van der Waals surface area contributed by atoms with Crippen LogP contribution >= 0.6 is 0 Å². The number of hydrogen-bond acceptors (Lipinski definition) is 2. The second-order valence-electron chi connectivity index (χ2n) is 1.20. The Labute approximate surface area is 43.2 Å². The third kappa shape index (κ3) is 2.84. The molecule has 0 aromatic carbocycles. The molecule has 2 heteroatoms. The molecule has 0 rings (SSSR count). The van der Waals surface area contributed by atoms with Gasteiger partial charge in [0.25, 0.3) is 0 Å². The highest BCUT2D eigenvalue weighted by Gasteiger charge is 1.79. The van der Waals surface area contributed by atoms with Gasteiger partial charge in [-0.25, -0.2) is 0 Å². The van der Waals surface area contributed by atoms with Crippen LogP contribution in [0.25, 0.3) is 0 Å². The largest absolute Gasteiger partial charge is 0.401 e. The smallest absolute Gasteiger partial charge is 0.0743 e. The van der Waals surface area contributed by atoms with Crippen LogP contribution in [0.1, 0.15) is 13.3 Å². The minimum Gasteiger partial charge on any atom is -0.401 e. The van der Waals surface area contributed by atoms with Gasteiger partial charge in [-0.15, -0.1) is 0 Å². The van der Waals surface area contributed by atoms with Crippen molar-refractivity contribution in [2.75, 3.05) is 0 Å². The Hall–Kier alpha value is -0.970. The third-order valence-corrected chi connectivity index (χ3v) is 0.654. The molecule has 0 aromatic rings. The number of rotatable bonds is 1. The molecule has 2 nitrogen and oxygen atoms in total. The zero-order valence-corrected chi connectivity index (χ0v) is 4.31. The Morgan fingerprint density at radius 3 is 2.71 bits per heavy atom. The van der Waals surface area contributed by atoms with E-state index in [4.69, 9.17) is 11.0 Å². The van der Waals surface area contributed by atoms with Crippen LogP contribution in [0.4, 0.5) is 0 Å². The van der Waals surface area contributed by atoms with Gasteiger partial charge in [0.15, 0.2) is 0 Å². The van der Waals surface area contributed by atoms with Gasteiger partial charge in [-0.05, 0) is 6.92 Å². The fourth-order valence-electron chi connectivity index (χ4n) is 0.193. The SMILES string of the molecule is CC=C(N)CC#N. The molecule has 0 amide bonds. The number of allylic oxidation sites excluding steroid dienone is 2. The highest BCUT2D eigenvalue weighted by Crippen LogP contribution is 1.86. The maximum Gasteiger partial charge on any atom is 0.0743 e. The summed E-state index contributed by atoms with van der Waals surface area (Å²) in [6.45, 7) is 1.81. The summed E-state index contributed by atoms with van der Waals surface area (Å²) in [5.41, 5.74) is 5.86. The summed E-state index contributed by atoms with van der Waals surface area (Å²) < 4.78 is 0. The van der Waals surface area contributed by atoms with Crippen molar-refractivity contribution in [1.29, 1.82) is 5.26 Å². The molecule has 0 unspecified atom stereocenters. The van der Waals surface area contributed by atoms with Crippen molar-refractivity contribution in [3.63, 3.8) is 0 Å². The van der Waals surface area contributed by atoms with E-state index in [0.29, 0.717) is 12.1 Å².